The lowest BCUT2D eigenvalue weighted by molar-refractivity contribution is -0.0104. The molecule has 2 saturated heterocycles. The number of ether oxygens (including phenoxy) is 1. The molecule has 3 heteroatoms. The second kappa shape index (κ2) is 6.58. The van der Waals surface area contributed by atoms with Crippen LogP contribution in [0.25, 0.3) is 0 Å². The third-order valence-electron chi connectivity index (χ3n) is 3.81. The van der Waals surface area contributed by atoms with Crippen LogP contribution < -0.4 is 5.32 Å². The summed E-state index contributed by atoms with van der Waals surface area (Å²) in [5.74, 6) is 0. The number of hydrogen-bond donors (Lipinski definition) is 1. The molecule has 3 nitrogen and oxygen atoms in total. The van der Waals surface area contributed by atoms with Crippen molar-refractivity contribution < 1.29 is 4.74 Å². The second-order valence-electron chi connectivity index (χ2n) is 5.13. The summed E-state index contributed by atoms with van der Waals surface area (Å²) in [5.41, 5.74) is 0. The van der Waals surface area contributed by atoms with Crippen LogP contribution in [0.4, 0.5) is 0 Å². The van der Waals surface area contributed by atoms with Crippen molar-refractivity contribution in [3.05, 3.63) is 0 Å². The van der Waals surface area contributed by atoms with Crippen LogP contribution in [0.1, 0.15) is 39.0 Å². The molecule has 2 aliphatic heterocycles. The monoisotopic (exact) mass is 226 g/mol. The molecule has 2 aliphatic rings. The SMILES string of the molecule is CCCC1CCCCN1CC1CNCCO1. The van der Waals surface area contributed by atoms with E-state index < -0.39 is 0 Å². The average molecular weight is 226 g/mol. The van der Waals surface area contributed by atoms with Crippen LogP contribution in [0.5, 0.6) is 0 Å². The van der Waals surface area contributed by atoms with Gasteiger partial charge in [-0.3, -0.25) is 4.90 Å². The predicted octanol–water partition coefficient (Wildman–Crippen LogP) is 1.63. The van der Waals surface area contributed by atoms with Crippen LogP contribution >= 0.6 is 0 Å². The van der Waals surface area contributed by atoms with Gasteiger partial charge in [0, 0.05) is 25.7 Å². The zero-order valence-electron chi connectivity index (χ0n) is 10.6. The molecule has 0 aromatic heterocycles. The van der Waals surface area contributed by atoms with Gasteiger partial charge < -0.3 is 10.1 Å². The van der Waals surface area contributed by atoms with E-state index in [1.807, 2.05) is 0 Å². The van der Waals surface area contributed by atoms with E-state index in [4.69, 9.17) is 4.74 Å². The first-order valence-electron chi connectivity index (χ1n) is 6.96. The topological polar surface area (TPSA) is 24.5 Å². The Morgan fingerprint density at radius 1 is 1.38 bits per heavy atom. The van der Waals surface area contributed by atoms with E-state index in [0.717, 1.165) is 32.3 Å². The molecule has 0 radical (unpaired) electrons. The smallest absolute Gasteiger partial charge is 0.0826 e. The lowest BCUT2D eigenvalue weighted by Gasteiger charge is -2.38. The minimum Gasteiger partial charge on any atom is -0.374 e. The molecular formula is C13H26N2O. The largest absolute Gasteiger partial charge is 0.374 e. The highest BCUT2D eigenvalue weighted by Crippen LogP contribution is 2.21. The van der Waals surface area contributed by atoms with E-state index in [0.29, 0.717) is 6.10 Å². The third kappa shape index (κ3) is 3.44. The summed E-state index contributed by atoms with van der Waals surface area (Å²) in [6.45, 7) is 7.66. The Morgan fingerprint density at radius 2 is 2.31 bits per heavy atom. The van der Waals surface area contributed by atoms with E-state index in [9.17, 15) is 0 Å². The minimum atomic E-state index is 0.422. The molecule has 0 saturated carbocycles. The summed E-state index contributed by atoms with van der Waals surface area (Å²) in [7, 11) is 0. The number of likely N-dealkylation sites (tertiary alicyclic amines) is 1. The highest BCUT2D eigenvalue weighted by molar-refractivity contribution is 4.80. The molecule has 2 atom stereocenters. The molecule has 2 rings (SSSR count). The van der Waals surface area contributed by atoms with Crippen LogP contribution in [-0.2, 0) is 4.74 Å². The van der Waals surface area contributed by atoms with Gasteiger partial charge in [0.1, 0.15) is 0 Å². The quantitative estimate of drug-likeness (QED) is 0.788. The Morgan fingerprint density at radius 3 is 3.06 bits per heavy atom. The Kier molecular flexibility index (Phi) is 5.07. The molecule has 1 N–H and O–H groups in total. The number of morpholine rings is 1. The lowest BCUT2D eigenvalue weighted by atomic mass is 9.98. The van der Waals surface area contributed by atoms with E-state index in [2.05, 4.69) is 17.1 Å². The van der Waals surface area contributed by atoms with E-state index in [1.165, 1.54) is 38.6 Å². The van der Waals surface area contributed by atoms with Crippen molar-refractivity contribution in [1.82, 2.24) is 10.2 Å². The van der Waals surface area contributed by atoms with Crippen molar-refractivity contribution in [1.29, 1.82) is 0 Å². The highest BCUT2D eigenvalue weighted by atomic mass is 16.5. The molecule has 0 bridgehead atoms. The molecule has 0 spiro atoms. The first kappa shape index (κ1) is 12.3. The van der Waals surface area contributed by atoms with Crippen molar-refractivity contribution in [2.45, 2.75) is 51.2 Å². The van der Waals surface area contributed by atoms with E-state index in [-0.39, 0.29) is 0 Å². The van der Waals surface area contributed by atoms with Crippen molar-refractivity contribution in [3.63, 3.8) is 0 Å². The maximum absolute atomic E-state index is 5.80. The first-order valence-corrected chi connectivity index (χ1v) is 6.96. The lowest BCUT2D eigenvalue weighted by Crippen LogP contribution is -2.49. The van der Waals surface area contributed by atoms with Crippen molar-refractivity contribution in [3.8, 4) is 0 Å². The van der Waals surface area contributed by atoms with Gasteiger partial charge in [0.2, 0.25) is 0 Å². The normalized spacial score (nSPS) is 32.8. The molecule has 0 amide bonds. The van der Waals surface area contributed by atoms with Gasteiger partial charge >= 0.3 is 0 Å². The molecule has 0 aliphatic carbocycles. The van der Waals surface area contributed by atoms with Gasteiger partial charge in [-0.05, 0) is 25.8 Å². The summed E-state index contributed by atoms with van der Waals surface area (Å²) < 4.78 is 5.80. The summed E-state index contributed by atoms with van der Waals surface area (Å²) in [6.07, 6.45) is 7.29. The molecule has 0 aromatic carbocycles. The summed E-state index contributed by atoms with van der Waals surface area (Å²) in [5, 5.41) is 3.42. The fraction of sp³-hybridized carbons (Fsp3) is 1.00. The van der Waals surface area contributed by atoms with Gasteiger partial charge in [0.05, 0.1) is 12.7 Å². The Hall–Kier alpha value is -0.120. The zero-order valence-corrected chi connectivity index (χ0v) is 10.6. The molecule has 2 heterocycles. The van der Waals surface area contributed by atoms with E-state index >= 15 is 0 Å². The summed E-state index contributed by atoms with van der Waals surface area (Å²) in [4.78, 5) is 2.67. The molecule has 16 heavy (non-hydrogen) atoms. The number of rotatable bonds is 4. The van der Waals surface area contributed by atoms with Gasteiger partial charge in [-0.1, -0.05) is 19.8 Å². The number of hydrogen-bond acceptors (Lipinski definition) is 3. The minimum absolute atomic E-state index is 0.422. The van der Waals surface area contributed by atoms with Crippen molar-refractivity contribution in [2.24, 2.45) is 0 Å². The molecule has 0 aromatic rings. The standard InChI is InChI=1S/C13H26N2O/c1-2-5-12-6-3-4-8-15(12)11-13-10-14-7-9-16-13/h12-14H,2-11H2,1H3. The number of nitrogens with zero attached hydrogens (tertiary/aromatic N) is 1. The zero-order chi connectivity index (χ0) is 11.2. The van der Waals surface area contributed by atoms with E-state index in [1.54, 1.807) is 0 Å². The third-order valence-corrected chi connectivity index (χ3v) is 3.81. The fourth-order valence-electron chi connectivity index (χ4n) is 2.96. The van der Waals surface area contributed by atoms with Crippen LogP contribution in [0.3, 0.4) is 0 Å². The summed E-state index contributed by atoms with van der Waals surface area (Å²) >= 11 is 0. The highest BCUT2D eigenvalue weighted by Gasteiger charge is 2.25. The maximum atomic E-state index is 5.80. The van der Waals surface area contributed by atoms with Crippen molar-refractivity contribution in [2.75, 3.05) is 32.8 Å². The number of nitrogens with one attached hydrogen (secondary N) is 1. The van der Waals surface area contributed by atoms with Gasteiger partial charge in [-0.15, -0.1) is 0 Å². The van der Waals surface area contributed by atoms with Crippen LogP contribution in [0.15, 0.2) is 0 Å². The molecular weight excluding hydrogens is 200 g/mol. The first-order chi connectivity index (χ1) is 7.90. The Balaban J connectivity index is 1.80. The average Bonchev–Trinajstić information content (AvgIpc) is 2.33. The van der Waals surface area contributed by atoms with Crippen molar-refractivity contribution >= 4 is 0 Å². The van der Waals surface area contributed by atoms with Gasteiger partial charge in [0.15, 0.2) is 0 Å². The van der Waals surface area contributed by atoms with Gasteiger partial charge in [-0.2, -0.15) is 0 Å². The molecule has 94 valence electrons. The second-order valence-corrected chi connectivity index (χ2v) is 5.13. The predicted molar refractivity (Wildman–Crippen MR) is 66.7 cm³/mol. The van der Waals surface area contributed by atoms with Crippen LogP contribution in [0, 0.1) is 0 Å². The van der Waals surface area contributed by atoms with Crippen LogP contribution in [0.2, 0.25) is 0 Å². The summed E-state index contributed by atoms with van der Waals surface area (Å²) in [6, 6.07) is 0.823. The molecule has 2 fully saturated rings. The fourth-order valence-corrected chi connectivity index (χ4v) is 2.96. The van der Waals surface area contributed by atoms with Gasteiger partial charge in [0.25, 0.3) is 0 Å². The number of piperidine rings is 1. The Labute approximate surface area is 99.5 Å². The van der Waals surface area contributed by atoms with Crippen LogP contribution in [-0.4, -0.2) is 49.8 Å². The Bertz CT molecular complexity index is 190. The van der Waals surface area contributed by atoms with Gasteiger partial charge in [-0.25, -0.2) is 0 Å². The molecule has 2 unspecified atom stereocenters. The maximum Gasteiger partial charge on any atom is 0.0826 e.